The monoisotopic (exact) mass is 250 g/mol. The smallest absolute Gasteiger partial charge is 0.0701 e. The topological polar surface area (TPSA) is 56.5 Å². The molecule has 4 heteroatoms. The summed E-state index contributed by atoms with van der Waals surface area (Å²) < 4.78 is 10.5. The first-order valence-electron chi connectivity index (χ1n) is 6.45. The van der Waals surface area contributed by atoms with Gasteiger partial charge in [0.2, 0.25) is 0 Å². The molecular weight excluding hydrogens is 228 g/mol. The third-order valence-electron chi connectivity index (χ3n) is 3.52. The van der Waals surface area contributed by atoms with Crippen LogP contribution in [0.15, 0.2) is 24.3 Å². The summed E-state index contributed by atoms with van der Waals surface area (Å²) in [7, 11) is 1.67. The zero-order valence-electron chi connectivity index (χ0n) is 10.9. The van der Waals surface area contributed by atoms with Crippen molar-refractivity contribution in [1.29, 1.82) is 0 Å². The third kappa shape index (κ3) is 3.29. The summed E-state index contributed by atoms with van der Waals surface area (Å²) in [6.07, 6.45) is 2.19. The highest BCUT2D eigenvalue weighted by atomic mass is 16.5. The summed E-state index contributed by atoms with van der Waals surface area (Å²) in [5, 5.41) is 0. The Morgan fingerprint density at radius 2 is 2.22 bits per heavy atom. The van der Waals surface area contributed by atoms with E-state index >= 15 is 0 Å². The van der Waals surface area contributed by atoms with Gasteiger partial charge in [0.1, 0.15) is 0 Å². The molecule has 0 aliphatic heterocycles. The molecule has 0 heterocycles. The zero-order valence-corrected chi connectivity index (χ0v) is 10.9. The Morgan fingerprint density at radius 3 is 2.94 bits per heavy atom. The van der Waals surface area contributed by atoms with E-state index in [-0.39, 0.29) is 6.04 Å². The minimum absolute atomic E-state index is 0.209. The number of nitrogens with two attached hydrogens (primary N) is 1. The van der Waals surface area contributed by atoms with Crippen molar-refractivity contribution in [1.82, 2.24) is 5.43 Å². The molecule has 0 radical (unpaired) electrons. The van der Waals surface area contributed by atoms with Gasteiger partial charge in [-0.1, -0.05) is 24.3 Å². The maximum Gasteiger partial charge on any atom is 0.0701 e. The summed E-state index contributed by atoms with van der Waals surface area (Å²) >= 11 is 0. The zero-order chi connectivity index (χ0) is 12.8. The molecule has 0 saturated heterocycles. The molecule has 2 rings (SSSR count). The number of hydrazine groups is 1. The normalized spacial score (nSPS) is 19.1. The summed E-state index contributed by atoms with van der Waals surface area (Å²) in [5.74, 6) is 6.19. The number of benzene rings is 1. The first-order valence-corrected chi connectivity index (χ1v) is 6.45. The van der Waals surface area contributed by atoms with Crippen LogP contribution in [0.3, 0.4) is 0 Å². The molecule has 2 unspecified atom stereocenters. The van der Waals surface area contributed by atoms with Crippen molar-refractivity contribution in [2.24, 2.45) is 5.84 Å². The molecular formula is C14H22N2O2. The number of nitrogens with one attached hydrogen (secondary N) is 1. The molecule has 2 atom stereocenters. The van der Waals surface area contributed by atoms with Crippen molar-refractivity contribution >= 4 is 0 Å². The van der Waals surface area contributed by atoms with E-state index in [1.807, 2.05) is 0 Å². The molecule has 3 N–H and O–H groups in total. The average Bonchev–Trinajstić information content (AvgIpc) is 2.38. The Labute approximate surface area is 108 Å². The minimum atomic E-state index is 0.209. The van der Waals surface area contributed by atoms with Gasteiger partial charge in [-0.2, -0.15) is 0 Å². The summed E-state index contributed by atoms with van der Waals surface area (Å²) in [5.41, 5.74) is 5.78. The van der Waals surface area contributed by atoms with Crippen molar-refractivity contribution in [3.8, 4) is 0 Å². The second-order valence-corrected chi connectivity index (χ2v) is 4.77. The van der Waals surface area contributed by atoms with E-state index in [9.17, 15) is 0 Å². The Morgan fingerprint density at radius 1 is 1.39 bits per heavy atom. The lowest BCUT2D eigenvalue weighted by Crippen LogP contribution is -2.41. The fraction of sp³-hybridized carbons (Fsp3) is 0.571. The molecule has 0 bridgehead atoms. The second kappa shape index (κ2) is 6.85. The summed E-state index contributed by atoms with van der Waals surface area (Å²) in [6, 6.07) is 8.82. The highest BCUT2D eigenvalue weighted by Gasteiger charge is 2.27. The van der Waals surface area contributed by atoms with Crippen molar-refractivity contribution in [2.45, 2.75) is 24.8 Å². The predicted octanol–water partition coefficient (Wildman–Crippen LogP) is 1.21. The van der Waals surface area contributed by atoms with Crippen LogP contribution in [0, 0.1) is 0 Å². The van der Waals surface area contributed by atoms with Gasteiger partial charge in [-0.05, 0) is 29.9 Å². The van der Waals surface area contributed by atoms with Crippen LogP contribution < -0.4 is 11.3 Å². The number of ether oxygens (including phenoxy) is 2. The van der Waals surface area contributed by atoms with Crippen molar-refractivity contribution in [3.05, 3.63) is 35.4 Å². The quantitative estimate of drug-likeness (QED) is 0.414. The van der Waals surface area contributed by atoms with Crippen LogP contribution in [0.2, 0.25) is 0 Å². The van der Waals surface area contributed by atoms with Gasteiger partial charge >= 0.3 is 0 Å². The molecule has 4 nitrogen and oxygen atoms in total. The number of methoxy groups -OCH3 is 1. The number of hydrogen-bond acceptors (Lipinski definition) is 4. The van der Waals surface area contributed by atoms with Crippen LogP contribution >= 0.6 is 0 Å². The molecule has 0 fully saturated rings. The van der Waals surface area contributed by atoms with Crippen molar-refractivity contribution in [2.75, 3.05) is 26.9 Å². The van der Waals surface area contributed by atoms with Gasteiger partial charge in [-0.25, -0.2) is 0 Å². The number of rotatable bonds is 8. The van der Waals surface area contributed by atoms with E-state index < -0.39 is 0 Å². The minimum Gasteiger partial charge on any atom is -0.382 e. The van der Waals surface area contributed by atoms with Gasteiger partial charge in [0.05, 0.1) is 19.8 Å². The lowest BCUT2D eigenvalue weighted by molar-refractivity contribution is 0.0560. The first kappa shape index (κ1) is 13.5. The molecule has 1 aromatic rings. The van der Waals surface area contributed by atoms with Crippen LogP contribution in [0.4, 0.5) is 0 Å². The molecule has 0 saturated carbocycles. The molecule has 1 aromatic carbocycles. The largest absolute Gasteiger partial charge is 0.382 e. The van der Waals surface area contributed by atoms with Crippen molar-refractivity contribution < 1.29 is 9.47 Å². The van der Waals surface area contributed by atoms with Crippen LogP contribution in [0.5, 0.6) is 0 Å². The van der Waals surface area contributed by atoms with E-state index in [1.54, 1.807) is 7.11 Å². The van der Waals surface area contributed by atoms with Crippen LogP contribution in [0.25, 0.3) is 0 Å². The van der Waals surface area contributed by atoms with Crippen LogP contribution in [-0.2, 0) is 15.9 Å². The predicted molar refractivity (Wildman–Crippen MR) is 71.3 cm³/mol. The molecule has 0 aromatic heterocycles. The summed E-state index contributed by atoms with van der Waals surface area (Å²) in [4.78, 5) is 0. The first-order chi connectivity index (χ1) is 8.85. The van der Waals surface area contributed by atoms with E-state index in [1.165, 1.54) is 11.1 Å². The molecule has 0 amide bonds. The lowest BCUT2D eigenvalue weighted by atomic mass is 9.74. The van der Waals surface area contributed by atoms with Crippen molar-refractivity contribution in [3.63, 3.8) is 0 Å². The van der Waals surface area contributed by atoms with Gasteiger partial charge in [0, 0.05) is 13.2 Å². The fourth-order valence-electron chi connectivity index (χ4n) is 2.47. The van der Waals surface area contributed by atoms with Gasteiger partial charge < -0.3 is 9.47 Å². The average molecular weight is 250 g/mol. The number of fused-ring (bicyclic) bond motifs is 1. The van der Waals surface area contributed by atoms with E-state index in [0.29, 0.717) is 25.7 Å². The maximum atomic E-state index is 5.57. The second-order valence-electron chi connectivity index (χ2n) is 4.77. The van der Waals surface area contributed by atoms with Gasteiger partial charge in [0.25, 0.3) is 0 Å². The Balaban J connectivity index is 1.75. The van der Waals surface area contributed by atoms with E-state index in [4.69, 9.17) is 15.3 Å². The highest BCUT2D eigenvalue weighted by molar-refractivity contribution is 5.39. The molecule has 1 aliphatic rings. The Bertz CT molecular complexity index is 371. The van der Waals surface area contributed by atoms with E-state index in [0.717, 1.165) is 12.8 Å². The van der Waals surface area contributed by atoms with Gasteiger partial charge in [0.15, 0.2) is 0 Å². The van der Waals surface area contributed by atoms with Gasteiger partial charge in [-0.15, -0.1) is 0 Å². The SMILES string of the molecule is COCCOCC(CC1Cc2ccccc21)NN. The summed E-state index contributed by atoms with van der Waals surface area (Å²) in [6.45, 7) is 1.89. The molecule has 0 spiro atoms. The highest BCUT2D eigenvalue weighted by Crippen LogP contribution is 2.37. The maximum absolute atomic E-state index is 5.57. The molecule has 100 valence electrons. The lowest BCUT2D eigenvalue weighted by Gasteiger charge is -2.32. The Kier molecular flexibility index (Phi) is 5.13. The fourth-order valence-corrected chi connectivity index (χ4v) is 2.47. The third-order valence-corrected chi connectivity index (χ3v) is 3.52. The standard InChI is InChI=1S/C14H22N2O2/c1-17-6-7-18-10-13(16-15)9-12-8-11-4-2-3-5-14(11)12/h2-5,12-13,16H,6-10,15H2,1H3. The Hall–Kier alpha value is -0.940. The van der Waals surface area contributed by atoms with Crippen LogP contribution in [0.1, 0.15) is 23.5 Å². The van der Waals surface area contributed by atoms with E-state index in [2.05, 4.69) is 29.7 Å². The molecule has 1 aliphatic carbocycles. The van der Waals surface area contributed by atoms with Crippen LogP contribution in [-0.4, -0.2) is 33.0 Å². The van der Waals surface area contributed by atoms with Gasteiger partial charge in [-0.3, -0.25) is 11.3 Å². The number of hydrogen-bond donors (Lipinski definition) is 2. The molecule has 18 heavy (non-hydrogen) atoms.